The summed E-state index contributed by atoms with van der Waals surface area (Å²) in [5.74, 6) is 0. The van der Waals surface area contributed by atoms with E-state index in [4.69, 9.17) is 47.4 Å². The van der Waals surface area contributed by atoms with Crippen molar-refractivity contribution in [2.45, 2.75) is 160 Å². The number of aliphatic hydroxyl groups is 14. The molecule has 25 heteroatoms. The van der Waals surface area contributed by atoms with Crippen molar-refractivity contribution in [3.05, 3.63) is 0 Å². The summed E-state index contributed by atoms with van der Waals surface area (Å²) in [6.07, 6.45) is -39.2. The van der Waals surface area contributed by atoms with Crippen LogP contribution in [0.5, 0.6) is 0 Å². The Morgan fingerprint density at radius 2 is 0.810 bits per heavy atom. The van der Waals surface area contributed by atoms with Crippen LogP contribution in [0.4, 0.5) is 0 Å². The molecule has 5 aliphatic rings. The fourth-order valence-corrected chi connectivity index (χ4v) is 7.47. The van der Waals surface area contributed by atoms with E-state index in [1.807, 2.05) is 0 Å². The first-order valence-corrected chi connectivity index (χ1v) is 18.8. The maximum atomic E-state index is 11.1. The number of ether oxygens (including phenoxy) is 10. The number of hydrogen-bond donors (Lipinski definition) is 14. The van der Waals surface area contributed by atoms with Gasteiger partial charge < -0.3 is 119 Å². The zero-order chi connectivity index (χ0) is 42.9. The predicted molar refractivity (Wildman–Crippen MR) is 181 cm³/mol. The summed E-state index contributed by atoms with van der Waals surface area (Å²) in [7, 11) is 4.45. The van der Waals surface area contributed by atoms with E-state index in [1.165, 1.54) is 14.0 Å². The molecule has 0 aliphatic carbocycles. The average Bonchev–Trinajstić information content (AvgIpc) is 3.20. The van der Waals surface area contributed by atoms with Crippen molar-refractivity contribution in [2.24, 2.45) is 0 Å². The number of hydrogen-bond acceptors (Lipinski definition) is 25. The lowest BCUT2D eigenvalue weighted by atomic mass is 9.94. The van der Waals surface area contributed by atoms with Gasteiger partial charge in [-0.3, -0.25) is 4.90 Å². The zero-order valence-corrected chi connectivity index (χ0v) is 32.1. The lowest BCUT2D eigenvalue weighted by Crippen LogP contribution is -2.69. The minimum absolute atomic E-state index is 0.617. The number of aliphatic hydroxyl groups excluding tert-OH is 14. The van der Waals surface area contributed by atoms with Crippen LogP contribution >= 0.6 is 0 Å². The lowest BCUT2D eigenvalue weighted by molar-refractivity contribution is -0.383. The van der Waals surface area contributed by atoms with Gasteiger partial charge in [0, 0.05) is 7.11 Å². The highest BCUT2D eigenvalue weighted by Gasteiger charge is 2.56. The van der Waals surface area contributed by atoms with Crippen molar-refractivity contribution in [2.75, 3.05) is 47.6 Å². The fraction of sp³-hybridized carbons (Fsp3) is 1.00. The molecule has 0 spiro atoms. The molecule has 25 nitrogen and oxygen atoms in total. The van der Waals surface area contributed by atoms with E-state index < -0.39 is 180 Å². The Hall–Kier alpha value is -1.00. The quantitative estimate of drug-likeness (QED) is 0.0771. The second-order valence-electron chi connectivity index (χ2n) is 15.2. The summed E-state index contributed by atoms with van der Waals surface area (Å²) in [5, 5.41) is 147. The van der Waals surface area contributed by atoms with Gasteiger partial charge in [-0.05, 0) is 21.0 Å². The maximum Gasteiger partial charge on any atom is 0.187 e. The Bertz CT molecular complexity index is 1260. The van der Waals surface area contributed by atoms with E-state index in [0.29, 0.717) is 0 Å². The van der Waals surface area contributed by atoms with Crippen LogP contribution in [0.15, 0.2) is 0 Å². The van der Waals surface area contributed by atoms with Gasteiger partial charge in [0.15, 0.2) is 31.5 Å². The third kappa shape index (κ3) is 9.94. The molecule has 0 aromatic carbocycles. The lowest BCUT2D eigenvalue weighted by Gasteiger charge is -2.51. The van der Waals surface area contributed by atoms with Crippen LogP contribution in [0.2, 0.25) is 0 Å². The number of likely N-dealkylation sites (N-methyl/N-ethyl adjacent to an activating group) is 1. The SMILES string of the molecule is CO[C@H]1O[C@H](CO)[C@H](O[C@H]2O[C@H](CO[C@@H]3O[C@@H](C)[C@H](O)[C@@H](O)[C@H]3O)[C@@H](O)[C@H](O)[C@H]2O)[C@H](O[C@@H]2O[C@H](CO[C@H]3O[C@H](CO)[C@@H](O)[C@H](O)[C@H]3O)[C@@H](O)[C@H](O)[C@H]2O)[C@H]1N(C)C. The molecule has 0 amide bonds. The molecule has 0 radical (unpaired) electrons. The summed E-state index contributed by atoms with van der Waals surface area (Å²) in [6.45, 7) is -1.40. The molecule has 14 N–H and O–H groups in total. The fourth-order valence-electron chi connectivity index (χ4n) is 7.47. The van der Waals surface area contributed by atoms with Crippen LogP contribution in [0.25, 0.3) is 0 Å². The highest BCUT2D eigenvalue weighted by molar-refractivity contribution is 5.00. The third-order valence-corrected chi connectivity index (χ3v) is 11.0. The van der Waals surface area contributed by atoms with Gasteiger partial charge >= 0.3 is 0 Å². The summed E-state index contributed by atoms with van der Waals surface area (Å²) >= 11 is 0. The van der Waals surface area contributed by atoms with Crippen molar-refractivity contribution >= 4 is 0 Å². The van der Waals surface area contributed by atoms with Gasteiger partial charge in [0.1, 0.15) is 110 Å². The van der Waals surface area contributed by atoms with Crippen LogP contribution in [-0.2, 0) is 47.4 Å². The van der Waals surface area contributed by atoms with Crippen LogP contribution in [0.3, 0.4) is 0 Å². The van der Waals surface area contributed by atoms with Crippen LogP contribution < -0.4 is 0 Å². The molecule has 5 rings (SSSR count). The monoisotopic (exact) mass is 853 g/mol. The molecule has 5 fully saturated rings. The number of nitrogens with zero attached hydrogens (tertiary/aromatic N) is 1. The Morgan fingerprint density at radius 1 is 0.431 bits per heavy atom. The van der Waals surface area contributed by atoms with E-state index in [2.05, 4.69) is 0 Å². The summed E-state index contributed by atoms with van der Waals surface area (Å²) in [4.78, 5) is 1.55. The standard InChI is InChI=1S/C33H59NO24/c1-9-15(37)19(41)23(45)30(52-9)50-7-12-17(39)21(43)25(47)32(55-12)57-27-11(6-36)54-29(49-4)14(34(2)3)28(27)58-33-26(48)22(44)18(40)13(56-33)8-51-31-24(46)20(42)16(38)10(5-35)53-31/h9-33,35-48H,5-8H2,1-4H3/t9-,10+,11+,12+,13+,14+,15-,16+,17+,18+,19+,20-,21-,22-,23+,24+,25+,26+,27-,28+,29-,30+,31-,32+,33-/m0/s1. The summed E-state index contributed by atoms with van der Waals surface area (Å²) in [6, 6.07) is -1.01. The molecule has 0 saturated carbocycles. The number of methoxy groups -OCH3 is 1. The third-order valence-electron chi connectivity index (χ3n) is 11.0. The molecule has 58 heavy (non-hydrogen) atoms. The molecule has 0 unspecified atom stereocenters. The van der Waals surface area contributed by atoms with E-state index >= 15 is 0 Å². The molecule has 5 heterocycles. The maximum absolute atomic E-state index is 11.1. The van der Waals surface area contributed by atoms with Gasteiger partial charge in [-0.15, -0.1) is 0 Å². The molecular formula is C33H59NO24. The van der Waals surface area contributed by atoms with Crippen LogP contribution in [-0.4, -0.2) is 277 Å². The number of rotatable bonds is 14. The molecule has 0 aromatic heterocycles. The topological polar surface area (TPSA) is 379 Å². The van der Waals surface area contributed by atoms with Gasteiger partial charge in [-0.2, -0.15) is 0 Å². The van der Waals surface area contributed by atoms with Crippen LogP contribution in [0, 0.1) is 0 Å². The van der Waals surface area contributed by atoms with Crippen molar-refractivity contribution in [3.63, 3.8) is 0 Å². The Labute approximate surface area is 331 Å². The molecule has 5 aliphatic heterocycles. The normalized spacial score (nSPS) is 51.9. The van der Waals surface area contributed by atoms with E-state index in [-0.39, 0.29) is 0 Å². The molecule has 0 aromatic rings. The second-order valence-corrected chi connectivity index (χ2v) is 15.2. The largest absolute Gasteiger partial charge is 0.394 e. The molecular weight excluding hydrogens is 794 g/mol. The average molecular weight is 854 g/mol. The summed E-state index contributed by atoms with van der Waals surface area (Å²) < 4.78 is 57.3. The van der Waals surface area contributed by atoms with Gasteiger partial charge in [0.2, 0.25) is 0 Å². The first kappa shape index (κ1) is 48.0. The van der Waals surface area contributed by atoms with E-state index in [0.717, 1.165) is 0 Å². The van der Waals surface area contributed by atoms with Gasteiger partial charge in [-0.25, -0.2) is 0 Å². The van der Waals surface area contributed by atoms with E-state index in [9.17, 15) is 71.5 Å². The van der Waals surface area contributed by atoms with Crippen LogP contribution in [0.1, 0.15) is 6.92 Å². The predicted octanol–water partition coefficient (Wildman–Crippen LogP) is -9.67. The first-order chi connectivity index (χ1) is 27.4. The van der Waals surface area contributed by atoms with Gasteiger partial charge in [0.25, 0.3) is 0 Å². The van der Waals surface area contributed by atoms with Crippen molar-refractivity contribution in [1.29, 1.82) is 0 Å². The Morgan fingerprint density at radius 3 is 1.26 bits per heavy atom. The Kier molecular flexibility index (Phi) is 16.9. The van der Waals surface area contributed by atoms with Crippen molar-refractivity contribution < 1.29 is 119 Å². The van der Waals surface area contributed by atoms with Crippen molar-refractivity contribution in [1.82, 2.24) is 4.90 Å². The Balaban J connectivity index is 1.35. The first-order valence-electron chi connectivity index (χ1n) is 18.8. The molecule has 0 bridgehead atoms. The highest BCUT2D eigenvalue weighted by Crippen LogP contribution is 2.36. The van der Waals surface area contributed by atoms with E-state index in [1.54, 1.807) is 19.0 Å². The van der Waals surface area contributed by atoms with Gasteiger partial charge in [0.05, 0.1) is 38.6 Å². The smallest absolute Gasteiger partial charge is 0.187 e. The zero-order valence-electron chi connectivity index (χ0n) is 32.1. The summed E-state index contributed by atoms with van der Waals surface area (Å²) in [5.41, 5.74) is 0. The van der Waals surface area contributed by atoms with Gasteiger partial charge in [-0.1, -0.05) is 0 Å². The van der Waals surface area contributed by atoms with Crippen molar-refractivity contribution in [3.8, 4) is 0 Å². The second kappa shape index (κ2) is 20.5. The minimum atomic E-state index is -1.96. The molecule has 5 saturated heterocycles. The highest BCUT2D eigenvalue weighted by atomic mass is 16.8. The molecule has 340 valence electrons. The minimum Gasteiger partial charge on any atom is -0.394 e. The molecule has 25 atom stereocenters.